The van der Waals surface area contributed by atoms with E-state index in [1.165, 1.54) is 6.08 Å². The number of benzene rings is 1. The van der Waals surface area contributed by atoms with E-state index in [1.807, 2.05) is 0 Å². The van der Waals surface area contributed by atoms with E-state index >= 15 is 0 Å². The molecule has 0 aliphatic rings. The van der Waals surface area contributed by atoms with Crippen LogP contribution in [0.25, 0.3) is 11.0 Å². The predicted octanol–water partition coefficient (Wildman–Crippen LogP) is 1.30. The van der Waals surface area contributed by atoms with E-state index < -0.39 is 0 Å². The molecule has 5 nitrogen and oxygen atoms in total. The molecule has 1 aromatic heterocycles. The summed E-state index contributed by atoms with van der Waals surface area (Å²) in [5.74, 6) is -0.389. The Morgan fingerprint density at radius 2 is 2.27 bits per heavy atom. The normalized spacial score (nSPS) is 10.1. The molecule has 0 radical (unpaired) electrons. The van der Waals surface area contributed by atoms with Crippen LogP contribution in [0.3, 0.4) is 0 Å². The molecule has 1 aromatic carbocycles. The smallest absolute Gasteiger partial charge is 0.338 e. The maximum atomic E-state index is 11.4. The Bertz CT molecular complexity index is 504. The molecule has 15 heavy (non-hydrogen) atoms. The summed E-state index contributed by atoms with van der Waals surface area (Å²) in [4.78, 5) is 11.4. The molecule has 2 rings (SSSR count). The number of carbonyl (C=O) groups is 1. The second kappa shape index (κ2) is 3.91. The number of nitrogens with zero attached hydrogens (tertiary/aromatic N) is 2. The number of rotatable bonds is 3. The van der Waals surface area contributed by atoms with E-state index in [0.29, 0.717) is 11.1 Å². The van der Waals surface area contributed by atoms with E-state index in [0.717, 1.165) is 5.52 Å². The molecule has 0 aliphatic carbocycles. The van der Waals surface area contributed by atoms with Gasteiger partial charge in [0.25, 0.3) is 0 Å². The molecule has 1 heterocycles. The molecular weight excluding hydrogens is 194 g/mol. The van der Waals surface area contributed by atoms with Gasteiger partial charge >= 0.3 is 5.97 Å². The summed E-state index contributed by atoms with van der Waals surface area (Å²) in [5.41, 5.74) is 1.82. The zero-order valence-corrected chi connectivity index (χ0v) is 7.93. The molecule has 0 fully saturated rings. The Balaban J connectivity index is 2.27. The average molecular weight is 203 g/mol. The zero-order chi connectivity index (χ0) is 10.7. The van der Waals surface area contributed by atoms with Gasteiger partial charge in [0.1, 0.15) is 17.6 Å². The zero-order valence-electron chi connectivity index (χ0n) is 7.93. The number of nitrogens with one attached hydrogen (secondary N) is 1. The molecule has 5 heteroatoms. The van der Waals surface area contributed by atoms with Crippen molar-refractivity contribution >= 4 is 17.0 Å². The van der Waals surface area contributed by atoms with Gasteiger partial charge in [-0.3, -0.25) is 0 Å². The van der Waals surface area contributed by atoms with Gasteiger partial charge in [-0.1, -0.05) is 12.7 Å². The molecule has 0 bridgehead atoms. The molecule has 76 valence electrons. The summed E-state index contributed by atoms with van der Waals surface area (Å²) in [6, 6.07) is 4.99. The monoisotopic (exact) mass is 203 g/mol. The molecule has 0 saturated carbocycles. The highest BCUT2D eigenvalue weighted by Gasteiger charge is 2.08. The standard InChI is InChI=1S/C10H9N3O2/c1-2-5-15-10(14)7-3-4-8-9(6-7)12-13-11-8/h2-4,6H,1,5H2,(H,11,12,13). The molecule has 0 aliphatic heterocycles. The first kappa shape index (κ1) is 9.39. The van der Waals surface area contributed by atoms with Crippen molar-refractivity contribution in [2.75, 3.05) is 6.61 Å². The van der Waals surface area contributed by atoms with E-state index in [9.17, 15) is 4.79 Å². The van der Waals surface area contributed by atoms with Gasteiger partial charge in [0.05, 0.1) is 5.56 Å². The van der Waals surface area contributed by atoms with Crippen LogP contribution in [-0.2, 0) is 4.74 Å². The first-order valence-electron chi connectivity index (χ1n) is 4.40. The Labute approximate surface area is 85.7 Å². The first-order valence-corrected chi connectivity index (χ1v) is 4.40. The Kier molecular flexibility index (Phi) is 2.45. The lowest BCUT2D eigenvalue weighted by atomic mass is 10.2. The lowest BCUT2D eigenvalue weighted by molar-refractivity contribution is 0.0550. The van der Waals surface area contributed by atoms with Gasteiger partial charge in [0, 0.05) is 0 Å². The second-order valence-corrected chi connectivity index (χ2v) is 2.91. The van der Waals surface area contributed by atoms with Crippen LogP contribution in [-0.4, -0.2) is 28.0 Å². The van der Waals surface area contributed by atoms with Gasteiger partial charge in [-0.15, -0.1) is 0 Å². The fourth-order valence-corrected chi connectivity index (χ4v) is 1.19. The number of carbonyl (C=O) groups excluding carboxylic acids is 1. The summed E-state index contributed by atoms with van der Waals surface area (Å²) in [6.45, 7) is 3.67. The predicted molar refractivity (Wildman–Crippen MR) is 54.4 cm³/mol. The maximum absolute atomic E-state index is 11.4. The fourth-order valence-electron chi connectivity index (χ4n) is 1.19. The van der Waals surface area contributed by atoms with Crippen LogP contribution in [0.5, 0.6) is 0 Å². The maximum Gasteiger partial charge on any atom is 0.338 e. The fraction of sp³-hybridized carbons (Fsp3) is 0.100. The van der Waals surface area contributed by atoms with E-state index in [1.54, 1.807) is 18.2 Å². The lowest BCUT2D eigenvalue weighted by Crippen LogP contribution is -2.04. The number of esters is 1. The van der Waals surface area contributed by atoms with Crippen LogP contribution in [0.1, 0.15) is 10.4 Å². The summed E-state index contributed by atoms with van der Waals surface area (Å²) >= 11 is 0. The molecule has 2 aromatic rings. The number of ether oxygens (including phenoxy) is 1. The van der Waals surface area contributed by atoms with Gasteiger partial charge < -0.3 is 4.74 Å². The van der Waals surface area contributed by atoms with E-state index in [2.05, 4.69) is 22.0 Å². The second-order valence-electron chi connectivity index (χ2n) is 2.91. The van der Waals surface area contributed by atoms with Crippen LogP contribution < -0.4 is 0 Å². The Hall–Kier alpha value is -2.17. The van der Waals surface area contributed by atoms with Gasteiger partial charge in [-0.25, -0.2) is 4.79 Å². The third kappa shape index (κ3) is 1.85. The highest BCUT2D eigenvalue weighted by Crippen LogP contribution is 2.11. The number of hydrogen-bond acceptors (Lipinski definition) is 4. The summed E-state index contributed by atoms with van der Waals surface area (Å²) in [6.07, 6.45) is 1.52. The molecule has 1 N–H and O–H groups in total. The minimum absolute atomic E-state index is 0.204. The highest BCUT2D eigenvalue weighted by atomic mass is 16.5. The van der Waals surface area contributed by atoms with Crippen LogP contribution in [0, 0.1) is 0 Å². The number of fused-ring (bicyclic) bond motifs is 1. The number of aromatic nitrogens is 3. The quantitative estimate of drug-likeness (QED) is 0.603. The minimum Gasteiger partial charge on any atom is -0.458 e. The summed E-state index contributed by atoms with van der Waals surface area (Å²) < 4.78 is 4.89. The minimum atomic E-state index is -0.389. The van der Waals surface area contributed by atoms with Crippen LogP contribution >= 0.6 is 0 Å². The number of aromatic amines is 1. The Morgan fingerprint density at radius 3 is 3.07 bits per heavy atom. The van der Waals surface area contributed by atoms with Crippen molar-refractivity contribution in [3.63, 3.8) is 0 Å². The van der Waals surface area contributed by atoms with Gasteiger partial charge in [0.2, 0.25) is 0 Å². The van der Waals surface area contributed by atoms with Crippen LogP contribution in [0.2, 0.25) is 0 Å². The molecule has 0 spiro atoms. The van der Waals surface area contributed by atoms with Crippen molar-refractivity contribution in [1.82, 2.24) is 15.4 Å². The lowest BCUT2D eigenvalue weighted by Gasteiger charge is -2.00. The van der Waals surface area contributed by atoms with E-state index in [4.69, 9.17) is 4.74 Å². The topological polar surface area (TPSA) is 67.9 Å². The molecule has 0 atom stereocenters. The largest absolute Gasteiger partial charge is 0.458 e. The van der Waals surface area contributed by atoms with Crippen molar-refractivity contribution in [3.05, 3.63) is 36.4 Å². The first-order chi connectivity index (χ1) is 7.31. The van der Waals surface area contributed by atoms with Crippen molar-refractivity contribution in [3.8, 4) is 0 Å². The van der Waals surface area contributed by atoms with Crippen LogP contribution in [0.4, 0.5) is 0 Å². The summed E-state index contributed by atoms with van der Waals surface area (Å²) in [5, 5.41) is 10.2. The number of H-pyrrole nitrogens is 1. The third-order valence-electron chi connectivity index (χ3n) is 1.88. The van der Waals surface area contributed by atoms with Crippen molar-refractivity contribution in [2.24, 2.45) is 0 Å². The SMILES string of the molecule is C=CCOC(=O)c1ccc2n[nH]nc2c1. The van der Waals surface area contributed by atoms with Crippen molar-refractivity contribution in [1.29, 1.82) is 0 Å². The average Bonchev–Trinajstić information content (AvgIpc) is 2.72. The Morgan fingerprint density at radius 1 is 1.47 bits per heavy atom. The van der Waals surface area contributed by atoms with Crippen molar-refractivity contribution < 1.29 is 9.53 Å². The summed E-state index contributed by atoms with van der Waals surface area (Å²) in [7, 11) is 0. The van der Waals surface area contributed by atoms with Crippen molar-refractivity contribution in [2.45, 2.75) is 0 Å². The number of hydrogen-bond donors (Lipinski definition) is 1. The van der Waals surface area contributed by atoms with Gasteiger partial charge in [0.15, 0.2) is 0 Å². The molecule has 0 saturated heterocycles. The highest BCUT2D eigenvalue weighted by molar-refractivity contribution is 5.93. The van der Waals surface area contributed by atoms with E-state index in [-0.39, 0.29) is 12.6 Å². The molecule has 0 amide bonds. The molecular formula is C10H9N3O2. The van der Waals surface area contributed by atoms with Gasteiger partial charge in [-0.05, 0) is 18.2 Å². The van der Waals surface area contributed by atoms with Gasteiger partial charge in [-0.2, -0.15) is 15.4 Å². The third-order valence-corrected chi connectivity index (χ3v) is 1.88. The molecule has 0 unspecified atom stereocenters. The van der Waals surface area contributed by atoms with Crippen LogP contribution in [0.15, 0.2) is 30.9 Å².